The Morgan fingerprint density at radius 3 is 2.60 bits per heavy atom. The summed E-state index contributed by atoms with van der Waals surface area (Å²) < 4.78 is 10.3. The monoisotopic (exact) mass is 355 g/mol. The zero-order valence-corrected chi connectivity index (χ0v) is 14.7. The van der Waals surface area contributed by atoms with Crippen molar-refractivity contribution in [1.29, 1.82) is 0 Å². The molecule has 0 bridgehead atoms. The second-order valence-electron chi connectivity index (χ2n) is 5.46. The molecule has 6 heteroatoms. The summed E-state index contributed by atoms with van der Waals surface area (Å²) in [4.78, 5) is 24.1. The van der Waals surface area contributed by atoms with E-state index < -0.39 is 5.97 Å². The van der Waals surface area contributed by atoms with Crippen molar-refractivity contribution in [3.63, 3.8) is 0 Å². The number of hydrogen-bond donors (Lipinski definition) is 1. The Morgan fingerprint density at radius 2 is 1.84 bits per heavy atom. The number of anilines is 1. The topological polar surface area (TPSA) is 64.6 Å². The number of amides is 1. The second kappa shape index (κ2) is 7.36. The molecule has 1 heterocycles. The average molecular weight is 355 g/mol. The van der Waals surface area contributed by atoms with E-state index in [9.17, 15) is 9.59 Å². The summed E-state index contributed by atoms with van der Waals surface area (Å²) in [5, 5.41) is 5.49. The largest absolute Gasteiger partial charge is 0.484 e. The minimum atomic E-state index is -0.407. The molecular weight excluding hydrogens is 338 g/mol. The highest BCUT2D eigenvalue weighted by molar-refractivity contribution is 7.18. The summed E-state index contributed by atoms with van der Waals surface area (Å²) in [7, 11) is 1.33. The minimum Gasteiger partial charge on any atom is -0.484 e. The van der Waals surface area contributed by atoms with Gasteiger partial charge in [0.1, 0.15) is 10.6 Å². The summed E-state index contributed by atoms with van der Waals surface area (Å²) in [6, 6.07) is 15.4. The van der Waals surface area contributed by atoms with Gasteiger partial charge in [0, 0.05) is 0 Å². The molecule has 0 saturated carbocycles. The van der Waals surface area contributed by atoms with Crippen molar-refractivity contribution in [1.82, 2.24) is 0 Å². The van der Waals surface area contributed by atoms with Crippen molar-refractivity contribution in [3.8, 4) is 5.75 Å². The third kappa shape index (κ3) is 3.97. The van der Waals surface area contributed by atoms with Gasteiger partial charge in [-0.2, -0.15) is 0 Å². The van der Waals surface area contributed by atoms with Crippen LogP contribution in [0.15, 0.2) is 48.5 Å². The average Bonchev–Trinajstić information content (AvgIpc) is 2.99. The van der Waals surface area contributed by atoms with E-state index in [1.807, 2.05) is 42.5 Å². The van der Waals surface area contributed by atoms with Crippen molar-refractivity contribution in [3.05, 3.63) is 59.0 Å². The van der Waals surface area contributed by atoms with Gasteiger partial charge in [-0.1, -0.05) is 30.3 Å². The van der Waals surface area contributed by atoms with Crippen molar-refractivity contribution >= 4 is 39.0 Å². The number of carbonyl (C=O) groups is 2. The molecule has 1 N–H and O–H groups in total. The molecule has 0 unspecified atom stereocenters. The lowest BCUT2D eigenvalue weighted by atomic mass is 10.1. The molecule has 5 nitrogen and oxygen atoms in total. The van der Waals surface area contributed by atoms with Gasteiger partial charge >= 0.3 is 5.97 Å². The van der Waals surface area contributed by atoms with Crippen molar-refractivity contribution < 1.29 is 19.1 Å². The number of rotatable bonds is 5. The predicted molar refractivity (Wildman–Crippen MR) is 98.5 cm³/mol. The van der Waals surface area contributed by atoms with Crippen molar-refractivity contribution in [2.45, 2.75) is 6.92 Å². The Balaban J connectivity index is 1.61. The van der Waals surface area contributed by atoms with Gasteiger partial charge < -0.3 is 14.8 Å². The molecule has 3 aromatic rings. The van der Waals surface area contributed by atoms with E-state index in [1.165, 1.54) is 18.4 Å². The standard InChI is InChI=1S/C19H17NO4S/c1-12-9-17(25-18(12)19(22)23-2)20-16(21)11-24-15-8-7-13-5-3-4-6-14(13)10-15/h3-10H,11H2,1-2H3,(H,20,21). The van der Waals surface area contributed by atoms with E-state index in [0.29, 0.717) is 15.6 Å². The van der Waals surface area contributed by atoms with Crippen LogP contribution >= 0.6 is 11.3 Å². The SMILES string of the molecule is COC(=O)c1sc(NC(=O)COc2ccc3ccccc3c2)cc1C. The first-order valence-corrected chi connectivity index (χ1v) is 8.48. The number of hydrogen-bond acceptors (Lipinski definition) is 5. The molecule has 25 heavy (non-hydrogen) atoms. The molecule has 0 aliphatic carbocycles. The molecule has 2 aromatic carbocycles. The fraction of sp³-hybridized carbons (Fsp3) is 0.158. The molecule has 3 rings (SSSR count). The first kappa shape index (κ1) is 17.0. The lowest BCUT2D eigenvalue weighted by Crippen LogP contribution is -2.19. The number of aryl methyl sites for hydroxylation is 1. The van der Waals surface area contributed by atoms with E-state index in [-0.39, 0.29) is 12.5 Å². The number of thiophene rings is 1. The van der Waals surface area contributed by atoms with Crippen LogP contribution in [-0.2, 0) is 9.53 Å². The third-order valence-electron chi connectivity index (χ3n) is 3.64. The van der Waals surface area contributed by atoms with Gasteiger partial charge in [0.15, 0.2) is 6.61 Å². The molecule has 0 aliphatic heterocycles. The quantitative estimate of drug-likeness (QED) is 0.702. The van der Waals surface area contributed by atoms with Crippen LogP contribution < -0.4 is 10.1 Å². The Morgan fingerprint density at radius 1 is 1.08 bits per heavy atom. The lowest BCUT2D eigenvalue weighted by Gasteiger charge is -2.07. The fourth-order valence-electron chi connectivity index (χ4n) is 2.42. The molecular formula is C19H17NO4S. The Labute approximate surface area is 149 Å². The maximum Gasteiger partial charge on any atom is 0.348 e. The van der Waals surface area contributed by atoms with E-state index >= 15 is 0 Å². The fourth-order valence-corrected chi connectivity index (χ4v) is 3.43. The number of fused-ring (bicyclic) bond motifs is 1. The van der Waals surface area contributed by atoms with E-state index in [0.717, 1.165) is 16.3 Å². The lowest BCUT2D eigenvalue weighted by molar-refractivity contribution is -0.118. The van der Waals surface area contributed by atoms with Crippen molar-refractivity contribution in [2.24, 2.45) is 0 Å². The number of benzene rings is 2. The van der Waals surface area contributed by atoms with Crippen molar-refractivity contribution in [2.75, 3.05) is 19.0 Å². The number of carbonyl (C=O) groups excluding carboxylic acids is 2. The first-order valence-electron chi connectivity index (χ1n) is 7.67. The molecule has 0 fully saturated rings. The molecule has 1 amide bonds. The van der Waals surface area contributed by atoms with Gasteiger partial charge in [0.2, 0.25) is 0 Å². The zero-order chi connectivity index (χ0) is 17.8. The minimum absolute atomic E-state index is 0.108. The van der Waals surface area contributed by atoms with Gasteiger partial charge in [-0.15, -0.1) is 11.3 Å². The van der Waals surface area contributed by atoms with Crippen LogP contribution in [0, 0.1) is 6.92 Å². The molecule has 0 saturated heterocycles. The molecule has 0 spiro atoms. The van der Waals surface area contributed by atoms with Gasteiger partial charge in [0.05, 0.1) is 12.1 Å². The maximum absolute atomic E-state index is 12.1. The first-order chi connectivity index (χ1) is 12.1. The smallest absolute Gasteiger partial charge is 0.348 e. The van der Waals surface area contributed by atoms with Crippen LogP contribution in [0.25, 0.3) is 10.8 Å². The number of ether oxygens (including phenoxy) is 2. The normalized spacial score (nSPS) is 10.5. The highest BCUT2D eigenvalue weighted by Crippen LogP contribution is 2.27. The van der Waals surface area contributed by atoms with Crippen LogP contribution in [0.1, 0.15) is 15.2 Å². The van der Waals surface area contributed by atoms with Crippen LogP contribution in [-0.4, -0.2) is 25.6 Å². The van der Waals surface area contributed by atoms with Gasteiger partial charge in [-0.3, -0.25) is 4.79 Å². The van der Waals surface area contributed by atoms with Crippen LogP contribution in [0.5, 0.6) is 5.75 Å². The summed E-state index contributed by atoms with van der Waals surface area (Å²) in [6.45, 7) is 1.69. The molecule has 128 valence electrons. The molecule has 0 atom stereocenters. The van der Waals surface area contributed by atoms with Crippen LogP contribution in [0.4, 0.5) is 5.00 Å². The molecule has 0 radical (unpaired) electrons. The summed E-state index contributed by atoms with van der Waals surface area (Å²) in [5.41, 5.74) is 0.766. The molecule has 0 aliphatic rings. The summed E-state index contributed by atoms with van der Waals surface area (Å²) >= 11 is 1.18. The van der Waals surface area contributed by atoms with E-state index in [4.69, 9.17) is 9.47 Å². The van der Waals surface area contributed by atoms with E-state index in [1.54, 1.807) is 13.0 Å². The van der Waals surface area contributed by atoms with Gasteiger partial charge in [0.25, 0.3) is 5.91 Å². The van der Waals surface area contributed by atoms with Crippen LogP contribution in [0.2, 0.25) is 0 Å². The van der Waals surface area contributed by atoms with Gasteiger partial charge in [-0.05, 0) is 41.5 Å². The zero-order valence-electron chi connectivity index (χ0n) is 13.9. The van der Waals surface area contributed by atoms with E-state index in [2.05, 4.69) is 5.32 Å². The third-order valence-corrected chi connectivity index (χ3v) is 4.77. The summed E-state index contributed by atoms with van der Waals surface area (Å²) in [6.07, 6.45) is 0. The van der Waals surface area contributed by atoms with Crippen LogP contribution in [0.3, 0.4) is 0 Å². The number of methoxy groups -OCH3 is 1. The second-order valence-corrected chi connectivity index (χ2v) is 6.51. The molecule has 1 aromatic heterocycles. The number of nitrogens with one attached hydrogen (secondary N) is 1. The Kier molecular flexibility index (Phi) is 5.00. The maximum atomic E-state index is 12.1. The Bertz CT molecular complexity index is 932. The number of esters is 1. The van der Waals surface area contributed by atoms with Gasteiger partial charge in [-0.25, -0.2) is 4.79 Å². The summed E-state index contributed by atoms with van der Waals surface area (Å²) in [5.74, 6) is -0.0623. The predicted octanol–water partition coefficient (Wildman–Crippen LogP) is 4.01. The highest BCUT2D eigenvalue weighted by Gasteiger charge is 2.15. The highest BCUT2D eigenvalue weighted by atomic mass is 32.1. The Hall–Kier alpha value is -2.86.